The minimum absolute atomic E-state index is 0.424. The van der Waals surface area contributed by atoms with E-state index < -0.39 is 5.91 Å². The number of rotatable bonds is 2. The van der Waals surface area contributed by atoms with Gasteiger partial charge in [0.05, 0.1) is 0 Å². The molecule has 0 atom stereocenters. The molecule has 4 nitrogen and oxygen atoms in total. The lowest BCUT2D eigenvalue weighted by atomic mass is 10.2. The van der Waals surface area contributed by atoms with Crippen LogP contribution in [0.15, 0.2) is 48.8 Å². The maximum absolute atomic E-state index is 11.0. The molecule has 4 heteroatoms. The van der Waals surface area contributed by atoms with Crippen molar-refractivity contribution in [1.82, 2.24) is 10.0 Å². The molecule has 0 unspecified atom stereocenters. The third kappa shape index (κ3) is 1.89. The molecule has 1 aromatic heterocycles. The van der Waals surface area contributed by atoms with Gasteiger partial charge in [0, 0.05) is 23.6 Å². The Hall–Kier alpha value is -2.07. The van der Waals surface area contributed by atoms with Crippen LogP contribution in [0.5, 0.6) is 0 Å². The molecule has 0 fully saturated rings. The van der Waals surface area contributed by atoms with E-state index in [9.17, 15) is 4.79 Å². The second-order valence-corrected chi connectivity index (χ2v) is 3.08. The summed E-state index contributed by atoms with van der Waals surface area (Å²) in [6.07, 6.45) is 3.84. The molecule has 0 aliphatic rings. The monoisotopic (exact) mass is 202 g/mol. The minimum atomic E-state index is -0.506. The van der Waals surface area contributed by atoms with Crippen molar-refractivity contribution in [3.8, 4) is 5.69 Å². The first-order valence-corrected chi connectivity index (χ1v) is 4.49. The molecule has 2 N–H and O–H groups in total. The molecular weight excluding hydrogens is 192 g/mol. The molecule has 1 amide bonds. The molecule has 0 bridgehead atoms. The number of nitrogens with zero attached hydrogens (tertiary/aromatic N) is 1. The highest BCUT2D eigenvalue weighted by atomic mass is 16.5. The smallest absolute Gasteiger partial charge is 0.274 e. The summed E-state index contributed by atoms with van der Waals surface area (Å²) >= 11 is 0. The fraction of sp³-hybridized carbons (Fsp3) is 0. The first kappa shape index (κ1) is 9.48. The molecule has 76 valence electrons. The number of hydroxylamine groups is 1. The lowest BCUT2D eigenvalue weighted by molar-refractivity contribution is 0.0706. The van der Waals surface area contributed by atoms with Crippen LogP contribution in [0.25, 0.3) is 5.69 Å². The lowest BCUT2D eigenvalue weighted by Crippen LogP contribution is -2.18. The van der Waals surface area contributed by atoms with Gasteiger partial charge in [-0.15, -0.1) is 0 Å². The van der Waals surface area contributed by atoms with Gasteiger partial charge in [-0.25, -0.2) is 5.48 Å². The Morgan fingerprint density at radius 2 is 1.73 bits per heavy atom. The summed E-state index contributed by atoms with van der Waals surface area (Å²) in [5.41, 5.74) is 2.98. The number of aromatic nitrogens is 1. The maximum atomic E-state index is 11.0. The molecule has 0 radical (unpaired) electrons. The summed E-state index contributed by atoms with van der Waals surface area (Å²) in [5, 5.41) is 8.44. The largest absolute Gasteiger partial charge is 0.324 e. The number of carbonyl (C=O) groups is 1. The van der Waals surface area contributed by atoms with E-state index in [0.717, 1.165) is 5.69 Å². The molecule has 0 saturated heterocycles. The number of carbonyl (C=O) groups excluding carboxylic acids is 1. The predicted octanol–water partition coefficient (Wildman–Crippen LogP) is 1.60. The van der Waals surface area contributed by atoms with Crippen molar-refractivity contribution in [2.45, 2.75) is 0 Å². The average Bonchev–Trinajstić information content (AvgIpc) is 2.82. The summed E-state index contributed by atoms with van der Waals surface area (Å²) in [6.45, 7) is 0. The number of benzene rings is 1. The van der Waals surface area contributed by atoms with Crippen molar-refractivity contribution in [2.75, 3.05) is 0 Å². The van der Waals surface area contributed by atoms with Gasteiger partial charge < -0.3 is 4.57 Å². The van der Waals surface area contributed by atoms with Crippen LogP contribution in [0.1, 0.15) is 10.4 Å². The van der Waals surface area contributed by atoms with E-state index in [1.165, 1.54) is 0 Å². The molecule has 0 aliphatic heterocycles. The Morgan fingerprint density at radius 1 is 1.13 bits per heavy atom. The zero-order chi connectivity index (χ0) is 10.7. The fourth-order valence-electron chi connectivity index (χ4n) is 1.36. The van der Waals surface area contributed by atoms with Crippen LogP contribution in [0.2, 0.25) is 0 Å². The van der Waals surface area contributed by atoms with Gasteiger partial charge >= 0.3 is 0 Å². The predicted molar refractivity (Wildman–Crippen MR) is 55.0 cm³/mol. The van der Waals surface area contributed by atoms with E-state index in [0.29, 0.717) is 5.56 Å². The highest BCUT2D eigenvalue weighted by Crippen LogP contribution is 2.09. The Balaban J connectivity index is 2.29. The third-order valence-electron chi connectivity index (χ3n) is 2.13. The quantitative estimate of drug-likeness (QED) is 0.574. The summed E-state index contributed by atoms with van der Waals surface area (Å²) in [7, 11) is 0. The van der Waals surface area contributed by atoms with Gasteiger partial charge in [-0.1, -0.05) is 0 Å². The summed E-state index contributed by atoms with van der Waals surface area (Å²) < 4.78 is 1.93. The first-order chi connectivity index (χ1) is 7.31. The van der Waals surface area contributed by atoms with Crippen molar-refractivity contribution in [1.29, 1.82) is 0 Å². The van der Waals surface area contributed by atoms with Crippen molar-refractivity contribution in [3.63, 3.8) is 0 Å². The van der Waals surface area contributed by atoms with E-state index in [2.05, 4.69) is 0 Å². The van der Waals surface area contributed by atoms with Crippen LogP contribution in [-0.2, 0) is 0 Å². The number of nitrogens with one attached hydrogen (secondary N) is 1. The average molecular weight is 202 g/mol. The number of amides is 1. The van der Waals surface area contributed by atoms with Crippen LogP contribution in [0.4, 0.5) is 0 Å². The zero-order valence-corrected chi connectivity index (χ0v) is 7.92. The van der Waals surface area contributed by atoms with Gasteiger partial charge in [0.15, 0.2) is 0 Å². The first-order valence-electron chi connectivity index (χ1n) is 4.49. The van der Waals surface area contributed by atoms with Gasteiger partial charge in [-0.3, -0.25) is 10.0 Å². The van der Waals surface area contributed by atoms with E-state index in [1.54, 1.807) is 17.6 Å². The Labute approximate surface area is 86.7 Å². The topological polar surface area (TPSA) is 54.3 Å². The van der Waals surface area contributed by atoms with Crippen LogP contribution in [-0.4, -0.2) is 15.7 Å². The molecule has 0 spiro atoms. The second kappa shape index (κ2) is 3.98. The molecule has 0 saturated carbocycles. The molecule has 2 rings (SSSR count). The molecule has 1 heterocycles. The van der Waals surface area contributed by atoms with Gasteiger partial charge in [0.25, 0.3) is 5.91 Å². The van der Waals surface area contributed by atoms with Gasteiger partial charge in [-0.2, -0.15) is 0 Å². The van der Waals surface area contributed by atoms with E-state index >= 15 is 0 Å². The summed E-state index contributed by atoms with van der Waals surface area (Å²) in [5.74, 6) is -0.506. The number of hydrogen-bond acceptors (Lipinski definition) is 2. The second-order valence-electron chi connectivity index (χ2n) is 3.08. The van der Waals surface area contributed by atoms with Crippen molar-refractivity contribution >= 4 is 5.91 Å². The Morgan fingerprint density at radius 3 is 2.27 bits per heavy atom. The van der Waals surface area contributed by atoms with E-state index in [1.807, 2.05) is 41.2 Å². The van der Waals surface area contributed by atoms with Crippen molar-refractivity contribution < 1.29 is 10.0 Å². The van der Waals surface area contributed by atoms with Gasteiger partial charge in [-0.05, 0) is 36.4 Å². The van der Waals surface area contributed by atoms with Crippen LogP contribution >= 0.6 is 0 Å². The van der Waals surface area contributed by atoms with Crippen LogP contribution in [0, 0.1) is 0 Å². The zero-order valence-electron chi connectivity index (χ0n) is 7.92. The maximum Gasteiger partial charge on any atom is 0.274 e. The normalized spacial score (nSPS) is 9.93. The minimum Gasteiger partial charge on any atom is -0.324 e. The molecule has 0 aliphatic carbocycles. The highest BCUT2D eigenvalue weighted by molar-refractivity contribution is 5.93. The molecular formula is C11H10N2O2. The van der Waals surface area contributed by atoms with E-state index in [-0.39, 0.29) is 0 Å². The lowest BCUT2D eigenvalue weighted by Gasteiger charge is -2.03. The SMILES string of the molecule is O=C(NO)c1ccc(-n2cccc2)cc1. The van der Waals surface area contributed by atoms with Gasteiger partial charge in [0.2, 0.25) is 0 Å². The van der Waals surface area contributed by atoms with E-state index in [4.69, 9.17) is 5.21 Å². The fourth-order valence-corrected chi connectivity index (χ4v) is 1.36. The standard InChI is InChI=1S/C11H10N2O2/c14-11(12-15)9-3-5-10(6-4-9)13-7-1-2-8-13/h1-8,15H,(H,12,14). The highest BCUT2D eigenvalue weighted by Gasteiger charge is 2.03. The third-order valence-corrected chi connectivity index (χ3v) is 2.13. The van der Waals surface area contributed by atoms with Crippen LogP contribution < -0.4 is 5.48 Å². The summed E-state index contributed by atoms with van der Waals surface area (Å²) in [4.78, 5) is 11.0. The van der Waals surface area contributed by atoms with Gasteiger partial charge in [0.1, 0.15) is 0 Å². The van der Waals surface area contributed by atoms with Crippen LogP contribution in [0.3, 0.4) is 0 Å². The Kier molecular flexibility index (Phi) is 2.51. The number of hydrogen-bond donors (Lipinski definition) is 2. The molecule has 15 heavy (non-hydrogen) atoms. The van der Waals surface area contributed by atoms with Crippen molar-refractivity contribution in [3.05, 3.63) is 54.4 Å². The Bertz CT molecular complexity index is 446. The summed E-state index contributed by atoms with van der Waals surface area (Å²) in [6, 6.07) is 10.8. The van der Waals surface area contributed by atoms with Crippen molar-refractivity contribution in [2.24, 2.45) is 0 Å². The molecule has 2 aromatic rings. The molecule has 1 aromatic carbocycles.